The van der Waals surface area contributed by atoms with Crippen molar-refractivity contribution in [2.75, 3.05) is 35.6 Å². The lowest BCUT2D eigenvalue weighted by molar-refractivity contribution is 0.0777. The van der Waals surface area contributed by atoms with Crippen molar-refractivity contribution in [2.24, 2.45) is 0 Å². The average Bonchev–Trinajstić information content (AvgIpc) is 2.69. The fraction of sp³-hybridized carbons (Fsp3) is 0.636. The molecule has 0 spiro atoms. The molecule has 0 unspecified atom stereocenters. The van der Waals surface area contributed by atoms with Crippen LogP contribution in [0.1, 0.15) is 23.5 Å². The van der Waals surface area contributed by atoms with E-state index in [0.29, 0.717) is 34.6 Å². The van der Waals surface area contributed by atoms with Gasteiger partial charge in [-0.2, -0.15) is 0 Å². The molecule has 1 aliphatic rings. The molecule has 1 aromatic rings. The minimum Gasteiger partial charge on any atom is -0.382 e. The standard InChI is InChI=1S/C11H18N4O2S2/c1-7(2)13-11-14-9(12)8(18-11)10(16)15-3-5-19(17)6-4-15/h7H,3-6,12H2,1-2H3,(H,13,14). The highest BCUT2D eigenvalue weighted by molar-refractivity contribution is 7.85. The van der Waals surface area contributed by atoms with E-state index in [1.165, 1.54) is 11.3 Å². The second-order valence-electron chi connectivity index (χ2n) is 4.67. The number of nitrogens with two attached hydrogens (primary N) is 1. The SMILES string of the molecule is CC(C)Nc1nc(N)c(C(=O)N2CCS(=O)CC2)s1. The highest BCUT2D eigenvalue weighted by Gasteiger charge is 2.25. The largest absolute Gasteiger partial charge is 0.382 e. The molecule has 3 N–H and O–H groups in total. The Morgan fingerprint density at radius 3 is 2.68 bits per heavy atom. The van der Waals surface area contributed by atoms with E-state index in [0.717, 1.165) is 0 Å². The molecule has 1 amide bonds. The van der Waals surface area contributed by atoms with Crippen molar-refractivity contribution in [3.63, 3.8) is 0 Å². The highest BCUT2D eigenvalue weighted by atomic mass is 32.2. The van der Waals surface area contributed by atoms with Gasteiger partial charge in [0.1, 0.15) is 10.7 Å². The van der Waals surface area contributed by atoms with Crippen molar-refractivity contribution < 1.29 is 9.00 Å². The maximum atomic E-state index is 12.3. The third kappa shape index (κ3) is 3.44. The van der Waals surface area contributed by atoms with Crippen LogP contribution in [0.4, 0.5) is 10.9 Å². The van der Waals surface area contributed by atoms with Gasteiger partial charge in [0.15, 0.2) is 5.13 Å². The van der Waals surface area contributed by atoms with E-state index in [2.05, 4.69) is 10.3 Å². The number of carbonyl (C=O) groups excluding carboxylic acids is 1. The summed E-state index contributed by atoms with van der Waals surface area (Å²) in [6.07, 6.45) is 0. The van der Waals surface area contributed by atoms with Crippen molar-refractivity contribution in [3.8, 4) is 0 Å². The van der Waals surface area contributed by atoms with Crippen molar-refractivity contribution in [1.82, 2.24) is 9.88 Å². The van der Waals surface area contributed by atoms with Crippen LogP contribution in [0.15, 0.2) is 0 Å². The zero-order valence-corrected chi connectivity index (χ0v) is 12.6. The van der Waals surface area contributed by atoms with Crippen molar-refractivity contribution >= 4 is 39.0 Å². The Bertz CT molecular complexity index is 491. The quantitative estimate of drug-likeness (QED) is 0.860. The number of anilines is 2. The molecule has 8 heteroatoms. The van der Waals surface area contributed by atoms with Crippen LogP contribution in [0.25, 0.3) is 0 Å². The summed E-state index contributed by atoms with van der Waals surface area (Å²) >= 11 is 1.28. The zero-order chi connectivity index (χ0) is 14.0. The number of nitrogens with one attached hydrogen (secondary N) is 1. The molecule has 1 fully saturated rings. The summed E-state index contributed by atoms with van der Waals surface area (Å²) in [5.41, 5.74) is 5.80. The summed E-state index contributed by atoms with van der Waals surface area (Å²) in [4.78, 5) is 18.6. The van der Waals surface area contributed by atoms with Gasteiger partial charge in [0, 0.05) is 41.4 Å². The molecule has 19 heavy (non-hydrogen) atoms. The summed E-state index contributed by atoms with van der Waals surface area (Å²) in [5.74, 6) is 1.25. The molecule has 1 aliphatic heterocycles. The Morgan fingerprint density at radius 2 is 2.11 bits per heavy atom. The third-order valence-electron chi connectivity index (χ3n) is 2.72. The minimum atomic E-state index is -0.791. The molecule has 0 radical (unpaired) electrons. The maximum Gasteiger partial charge on any atom is 0.267 e. The molecule has 1 saturated heterocycles. The molecule has 0 atom stereocenters. The molecule has 2 heterocycles. The number of thiazole rings is 1. The van der Waals surface area contributed by atoms with Gasteiger partial charge in [0.25, 0.3) is 5.91 Å². The van der Waals surface area contributed by atoms with E-state index >= 15 is 0 Å². The van der Waals surface area contributed by atoms with Crippen LogP contribution in [-0.4, -0.2) is 50.6 Å². The number of rotatable bonds is 3. The normalized spacial score (nSPS) is 16.9. The van der Waals surface area contributed by atoms with Gasteiger partial charge in [-0.15, -0.1) is 0 Å². The topological polar surface area (TPSA) is 88.3 Å². The molecule has 106 valence electrons. The highest BCUT2D eigenvalue weighted by Crippen LogP contribution is 2.27. The Hall–Kier alpha value is -1.15. The van der Waals surface area contributed by atoms with E-state index in [9.17, 15) is 9.00 Å². The van der Waals surface area contributed by atoms with Crippen LogP contribution in [-0.2, 0) is 10.8 Å². The van der Waals surface area contributed by atoms with Gasteiger partial charge in [0.05, 0.1) is 0 Å². The molecule has 0 saturated carbocycles. The molecule has 1 aromatic heterocycles. The minimum absolute atomic E-state index is 0.108. The van der Waals surface area contributed by atoms with Gasteiger partial charge in [-0.1, -0.05) is 11.3 Å². The van der Waals surface area contributed by atoms with E-state index in [4.69, 9.17) is 5.73 Å². The lowest BCUT2D eigenvalue weighted by atomic mass is 10.4. The molecule has 6 nitrogen and oxygen atoms in total. The molecule has 0 bridgehead atoms. The Morgan fingerprint density at radius 1 is 1.47 bits per heavy atom. The Kier molecular flexibility index (Phi) is 4.41. The fourth-order valence-electron chi connectivity index (χ4n) is 1.78. The molecular weight excluding hydrogens is 284 g/mol. The number of hydrogen-bond acceptors (Lipinski definition) is 6. The number of carbonyl (C=O) groups is 1. The van der Waals surface area contributed by atoms with Gasteiger partial charge in [-0.25, -0.2) is 4.98 Å². The first-order valence-corrected chi connectivity index (χ1v) is 8.45. The molecular formula is C11H18N4O2S2. The molecule has 0 aliphatic carbocycles. The third-order valence-corrected chi connectivity index (χ3v) is 4.99. The Balaban J connectivity index is 2.10. The van der Waals surface area contributed by atoms with Gasteiger partial charge in [0.2, 0.25) is 0 Å². The van der Waals surface area contributed by atoms with E-state index < -0.39 is 10.8 Å². The van der Waals surface area contributed by atoms with Crippen molar-refractivity contribution in [3.05, 3.63) is 4.88 Å². The van der Waals surface area contributed by atoms with E-state index in [1.807, 2.05) is 13.8 Å². The monoisotopic (exact) mass is 302 g/mol. The second-order valence-corrected chi connectivity index (χ2v) is 7.37. The van der Waals surface area contributed by atoms with Crippen LogP contribution in [0.3, 0.4) is 0 Å². The lowest BCUT2D eigenvalue weighted by Crippen LogP contribution is -2.41. The predicted molar refractivity (Wildman–Crippen MR) is 79.1 cm³/mol. The number of hydrogen-bond donors (Lipinski definition) is 2. The maximum absolute atomic E-state index is 12.3. The number of aromatic nitrogens is 1. The predicted octanol–water partition coefficient (Wildman–Crippen LogP) is 0.750. The smallest absolute Gasteiger partial charge is 0.267 e. The summed E-state index contributed by atoms with van der Waals surface area (Å²) in [6.45, 7) is 5.05. The number of nitrogens with zero attached hydrogens (tertiary/aromatic N) is 2. The van der Waals surface area contributed by atoms with Gasteiger partial charge >= 0.3 is 0 Å². The lowest BCUT2D eigenvalue weighted by Gasteiger charge is -2.25. The zero-order valence-electron chi connectivity index (χ0n) is 11.0. The van der Waals surface area contributed by atoms with Crippen LogP contribution in [0.5, 0.6) is 0 Å². The van der Waals surface area contributed by atoms with Gasteiger partial charge in [-0.3, -0.25) is 9.00 Å². The van der Waals surface area contributed by atoms with Crippen LogP contribution in [0, 0.1) is 0 Å². The number of amides is 1. The van der Waals surface area contributed by atoms with E-state index in [-0.39, 0.29) is 17.8 Å². The van der Waals surface area contributed by atoms with E-state index in [1.54, 1.807) is 4.90 Å². The average molecular weight is 302 g/mol. The molecule has 2 rings (SSSR count). The fourth-order valence-corrected chi connectivity index (χ4v) is 3.83. The van der Waals surface area contributed by atoms with Crippen LogP contribution >= 0.6 is 11.3 Å². The first-order chi connectivity index (χ1) is 8.97. The Labute approximate surface area is 118 Å². The van der Waals surface area contributed by atoms with Crippen LogP contribution < -0.4 is 11.1 Å². The summed E-state index contributed by atoms with van der Waals surface area (Å²) < 4.78 is 11.3. The first-order valence-electron chi connectivity index (χ1n) is 6.14. The van der Waals surface area contributed by atoms with Gasteiger partial charge < -0.3 is 16.0 Å². The number of nitrogen functional groups attached to an aromatic ring is 1. The summed E-state index contributed by atoms with van der Waals surface area (Å²) in [7, 11) is -0.791. The van der Waals surface area contributed by atoms with Crippen LogP contribution in [0.2, 0.25) is 0 Å². The van der Waals surface area contributed by atoms with Crippen molar-refractivity contribution in [1.29, 1.82) is 0 Å². The summed E-state index contributed by atoms with van der Waals surface area (Å²) in [6, 6.07) is 0.242. The van der Waals surface area contributed by atoms with Gasteiger partial charge in [-0.05, 0) is 13.8 Å². The molecule has 0 aromatic carbocycles. The summed E-state index contributed by atoms with van der Waals surface area (Å²) in [5, 5.41) is 3.80. The van der Waals surface area contributed by atoms with Crippen molar-refractivity contribution in [2.45, 2.75) is 19.9 Å². The first kappa shape index (κ1) is 14.3. The second kappa shape index (κ2) is 5.87.